The number of hydrogen-bond donors (Lipinski definition) is 3. The Morgan fingerprint density at radius 1 is 1.29 bits per heavy atom. The van der Waals surface area contributed by atoms with E-state index in [2.05, 4.69) is 15.3 Å². The smallest absolute Gasteiger partial charge is 0.222 e. The number of ether oxygens (including phenoxy) is 1. The second-order valence-corrected chi connectivity index (χ2v) is 6.47. The van der Waals surface area contributed by atoms with Gasteiger partial charge in [0.1, 0.15) is 5.75 Å². The van der Waals surface area contributed by atoms with Crippen LogP contribution >= 0.6 is 11.6 Å². The summed E-state index contributed by atoms with van der Waals surface area (Å²) >= 11 is 5.89. The molecule has 1 fully saturated rings. The molecular weight excluding hydrogens is 328 g/mol. The molecule has 1 saturated carbocycles. The minimum Gasteiger partial charge on any atom is -0.452 e. The molecule has 1 aromatic heterocycles. The quantitative estimate of drug-likeness (QED) is 0.740. The van der Waals surface area contributed by atoms with Crippen LogP contribution in [0.4, 0.5) is 11.8 Å². The number of nitrogens with zero attached hydrogens (tertiary/aromatic N) is 2. The monoisotopic (exact) mass is 348 g/mol. The molecule has 0 saturated heterocycles. The lowest BCUT2D eigenvalue weighted by atomic mass is 10.0. The fraction of sp³-hybridized carbons (Fsp3) is 0.412. The van der Waals surface area contributed by atoms with E-state index in [0.29, 0.717) is 34.3 Å². The molecule has 7 heteroatoms. The molecule has 0 bridgehead atoms. The average Bonchev–Trinajstić information content (AvgIpc) is 3.00. The van der Waals surface area contributed by atoms with Gasteiger partial charge in [-0.1, -0.05) is 11.6 Å². The maximum Gasteiger partial charge on any atom is 0.222 e. The van der Waals surface area contributed by atoms with E-state index >= 15 is 0 Å². The highest BCUT2D eigenvalue weighted by Crippen LogP contribution is 2.34. The van der Waals surface area contributed by atoms with E-state index in [1.807, 2.05) is 0 Å². The minimum atomic E-state index is 0.200. The molecule has 0 amide bonds. The summed E-state index contributed by atoms with van der Waals surface area (Å²) in [6.07, 6.45) is 5.56. The highest BCUT2D eigenvalue weighted by molar-refractivity contribution is 6.30. The lowest BCUT2D eigenvalue weighted by Gasteiger charge is -2.17. The third-order valence-electron chi connectivity index (χ3n) is 4.23. The maximum atomic E-state index is 9.08. The van der Waals surface area contributed by atoms with Crippen LogP contribution in [0.25, 0.3) is 0 Å². The van der Waals surface area contributed by atoms with Crippen LogP contribution in [0.15, 0.2) is 30.5 Å². The molecule has 1 aliphatic rings. The molecule has 24 heavy (non-hydrogen) atoms. The lowest BCUT2D eigenvalue weighted by Crippen LogP contribution is -2.18. The van der Waals surface area contributed by atoms with Crippen molar-refractivity contribution in [1.29, 1.82) is 0 Å². The van der Waals surface area contributed by atoms with E-state index in [1.165, 1.54) is 0 Å². The highest BCUT2D eigenvalue weighted by atomic mass is 35.5. The summed E-state index contributed by atoms with van der Waals surface area (Å²) in [7, 11) is 0. The van der Waals surface area contributed by atoms with Crippen LogP contribution in [-0.2, 0) is 0 Å². The number of aliphatic hydroxyl groups excluding tert-OH is 1. The predicted octanol–water partition coefficient (Wildman–Crippen LogP) is 3.47. The van der Waals surface area contributed by atoms with Gasteiger partial charge < -0.3 is 20.9 Å². The zero-order chi connectivity index (χ0) is 16.9. The number of nitrogens with two attached hydrogens (primary N) is 1. The second-order valence-electron chi connectivity index (χ2n) is 6.03. The first-order valence-electron chi connectivity index (χ1n) is 8.07. The zero-order valence-corrected chi connectivity index (χ0v) is 14.0. The van der Waals surface area contributed by atoms with Crippen molar-refractivity contribution in [2.45, 2.75) is 31.7 Å². The van der Waals surface area contributed by atoms with Gasteiger partial charge in [-0.3, -0.25) is 0 Å². The van der Waals surface area contributed by atoms with Gasteiger partial charge in [0, 0.05) is 17.7 Å². The van der Waals surface area contributed by atoms with Gasteiger partial charge in [-0.15, -0.1) is 0 Å². The highest BCUT2D eigenvalue weighted by Gasteiger charge is 2.25. The van der Waals surface area contributed by atoms with Crippen LogP contribution in [0.1, 0.15) is 25.7 Å². The van der Waals surface area contributed by atoms with Crippen molar-refractivity contribution in [3.05, 3.63) is 35.5 Å². The number of rotatable bonds is 6. The summed E-state index contributed by atoms with van der Waals surface area (Å²) in [5.74, 6) is 2.52. The fourth-order valence-electron chi connectivity index (χ4n) is 3.04. The number of nitrogens with one attached hydrogen (secondary N) is 1. The number of benzene rings is 1. The first kappa shape index (κ1) is 16.8. The molecule has 0 radical (unpaired) electrons. The summed E-state index contributed by atoms with van der Waals surface area (Å²) < 4.78 is 5.86. The van der Waals surface area contributed by atoms with Gasteiger partial charge in [-0.05, 0) is 55.9 Å². The van der Waals surface area contributed by atoms with E-state index in [1.54, 1.807) is 30.5 Å². The van der Waals surface area contributed by atoms with Crippen molar-refractivity contribution in [2.24, 2.45) is 5.92 Å². The number of halogens is 1. The number of aromatic nitrogens is 2. The first-order valence-corrected chi connectivity index (χ1v) is 8.45. The summed E-state index contributed by atoms with van der Waals surface area (Å²) in [5.41, 5.74) is 5.72. The number of aliphatic hydroxyl groups is 1. The van der Waals surface area contributed by atoms with Gasteiger partial charge in [-0.2, -0.15) is 4.98 Å². The topological polar surface area (TPSA) is 93.3 Å². The van der Waals surface area contributed by atoms with Crippen molar-refractivity contribution < 1.29 is 9.84 Å². The molecule has 0 unspecified atom stereocenters. The molecule has 0 aliphatic heterocycles. The Balaban J connectivity index is 1.72. The Kier molecular flexibility index (Phi) is 5.37. The van der Waals surface area contributed by atoms with Crippen molar-refractivity contribution >= 4 is 23.4 Å². The van der Waals surface area contributed by atoms with Crippen molar-refractivity contribution in [3.8, 4) is 11.5 Å². The molecule has 1 aromatic carbocycles. The molecule has 3 rings (SSSR count). The van der Waals surface area contributed by atoms with Gasteiger partial charge >= 0.3 is 0 Å². The Morgan fingerprint density at radius 2 is 2.08 bits per heavy atom. The van der Waals surface area contributed by atoms with E-state index in [0.717, 1.165) is 25.7 Å². The van der Waals surface area contributed by atoms with E-state index in [-0.39, 0.29) is 12.6 Å². The summed E-state index contributed by atoms with van der Waals surface area (Å²) in [6.45, 7) is 0.239. The zero-order valence-electron chi connectivity index (χ0n) is 13.3. The number of nitrogen functional groups attached to an aromatic ring is 1. The van der Waals surface area contributed by atoms with Gasteiger partial charge in [-0.25, -0.2) is 4.98 Å². The minimum absolute atomic E-state index is 0.200. The Labute approximate surface area is 146 Å². The van der Waals surface area contributed by atoms with Crippen LogP contribution in [0.3, 0.4) is 0 Å². The lowest BCUT2D eigenvalue weighted by molar-refractivity contribution is 0.258. The molecule has 2 atom stereocenters. The fourth-order valence-corrected chi connectivity index (χ4v) is 3.16. The second kappa shape index (κ2) is 7.68. The first-order chi connectivity index (χ1) is 11.6. The van der Waals surface area contributed by atoms with Crippen LogP contribution in [0.2, 0.25) is 5.02 Å². The molecule has 1 aliphatic carbocycles. The van der Waals surface area contributed by atoms with Crippen LogP contribution in [-0.4, -0.2) is 27.7 Å². The van der Waals surface area contributed by atoms with E-state index in [9.17, 15) is 0 Å². The predicted molar refractivity (Wildman–Crippen MR) is 94.4 cm³/mol. The van der Waals surface area contributed by atoms with E-state index in [4.69, 9.17) is 27.2 Å². The molecular formula is C17H21ClN4O2. The summed E-state index contributed by atoms with van der Waals surface area (Å²) in [6, 6.07) is 7.39. The van der Waals surface area contributed by atoms with Gasteiger partial charge in [0.05, 0.1) is 6.20 Å². The molecule has 1 heterocycles. The largest absolute Gasteiger partial charge is 0.452 e. The molecule has 2 aromatic rings. The maximum absolute atomic E-state index is 9.08. The van der Waals surface area contributed by atoms with Crippen LogP contribution < -0.4 is 15.8 Å². The Morgan fingerprint density at radius 3 is 2.83 bits per heavy atom. The molecule has 128 valence electrons. The molecule has 0 spiro atoms. The normalized spacial score (nSPS) is 20.1. The summed E-state index contributed by atoms with van der Waals surface area (Å²) in [5, 5.41) is 13.1. The third kappa shape index (κ3) is 4.27. The summed E-state index contributed by atoms with van der Waals surface area (Å²) in [4.78, 5) is 8.29. The van der Waals surface area contributed by atoms with Gasteiger partial charge in [0.25, 0.3) is 0 Å². The Hall–Kier alpha value is -2.05. The SMILES string of the molecule is Nc1ncc(Oc2ccc(Cl)cc2)c(N[C@@H]2CC[C@@H](CCO)C2)n1. The van der Waals surface area contributed by atoms with Crippen molar-refractivity contribution in [3.63, 3.8) is 0 Å². The van der Waals surface area contributed by atoms with Crippen LogP contribution in [0.5, 0.6) is 11.5 Å². The van der Waals surface area contributed by atoms with Crippen LogP contribution in [0, 0.1) is 5.92 Å². The average molecular weight is 349 g/mol. The Bertz CT molecular complexity index is 681. The van der Waals surface area contributed by atoms with Crippen molar-refractivity contribution in [1.82, 2.24) is 9.97 Å². The molecule has 4 N–H and O–H groups in total. The van der Waals surface area contributed by atoms with Gasteiger partial charge in [0.15, 0.2) is 11.6 Å². The number of hydrogen-bond acceptors (Lipinski definition) is 6. The van der Waals surface area contributed by atoms with E-state index < -0.39 is 0 Å². The molecule has 6 nitrogen and oxygen atoms in total. The third-order valence-corrected chi connectivity index (χ3v) is 4.49. The van der Waals surface area contributed by atoms with Gasteiger partial charge in [0.2, 0.25) is 5.95 Å². The standard InChI is InChI=1S/C17H21ClN4O2/c18-12-2-5-14(6-3-12)24-15-10-20-17(19)22-16(15)21-13-4-1-11(9-13)7-8-23/h2-3,5-6,10-11,13,23H,1,4,7-9H2,(H3,19,20,21,22)/t11-,13+/m0/s1. The van der Waals surface area contributed by atoms with Crippen molar-refractivity contribution in [2.75, 3.05) is 17.7 Å². The number of anilines is 2.